The van der Waals surface area contributed by atoms with Gasteiger partial charge < -0.3 is 14.2 Å². The Balaban J connectivity index is 3.81. The van der Waals surface area contributed by atoms with E-state index in [1.807, 2.05) is 0 Å². The second-order valence-electron chi connectivity index (χ2n) is 18.9. The van der Waals surface area contributed by atoms with Gasteiger partial charge in [-0.15, -0.1) is 0 Å². The molecule has 0 aromatic carbocycles. The lowest BCUT2D eigenvalue weighted by atomic mass is 10.0. The number of ether oxygens (including phenoxy) is 3. The maximum Gasteiger partial charge on any atom is 0.306 e. The van der Waals surface area contributed by atoms with Gasteiger partial charge in [-0.25, -0.2) is 0 Å². The van der Waals surface area contributed by atoms with Crippen molar-refractivity contribution in [2.45, 2.75) is 303 Å². The Morgan fingerprint density at radius 1 is 0.312 bits per heavy atom. The van der Waals surface area contributed by atoms with Crippen LogP contribution in [-0.4, -0.2) is 37.2 Å². The lowest BCUT2D eigenvalue weighted by Gasteiger charge is -2.18. The molecule has 1 unspecified atom stereocenters. The fraction of sp³-hybridized carbons (Fsp3) is 0.845. The second kappa shape index (κ2) is 53.2. The predicted octanol–water partition coefficient (Wildman–Crippen LogP) is 18.5. The largest absolute Gasteiger partial charge is 0.462 e. The van der Waals surface area contributed by atoms with Crippen LogP contribution in [0, 0.1) is 0 Å². The summed E-state index contributed by atoms with van der Waals surface area (Å²) in [4.78, 5) is 37.5. The molecule has 0 saturated heterocycles. The molecule has 64 heavy (non-hydrogen) atoms. The summed E-state index contributed by atoms with van der Waals surface area (Å²) in [5, 5.41) is 0. The smallest absolute Gasteiger partial charge is 0.306 e. The van der Waals surface area contributed by atoms with Crippen LogP contribution in [0.5, 0.6) is 0 Å². The molecule has 0 spiro atoms. The van der Waals surface area contributed by atoms with Crippen LogP contribution in [0.15, 0.2) is 36.5 Å². The Kier molecular flexibility index (Phi) is 51.3. The molecular formula is C58H106O6. The van der Waals surface area contributed by atoms with Crippen LogP contribution in [-0.2, 0) is 28.6 Å². The van der Waals surface area contributed by atoms with E-state index in [1.54, 1.807) is 0 Å². The molecular weight excluding hydrogens is 793 g/mol. The number of esters is 3. The van der Waals surface area contributed by atoms with Crippen LogP contribution in [0.1, 0.15) is 297 Å². The number of carbonyl (C=O) groups excluding carboxylic acids is 3. The lowest BCUT2D eigenvalue weighted by Crippen LogP contribution is -2.30. The number of allylic oxidation sites excluding steroid dienone is 6. The SMILES string of the molecule is CCCCCCC/C=C\C/C=C\C/C=C\CCCCCCCCCCCCCCCCCCCCC(=O)OCC(COC(=O)CCCCCCCC)OC(=O)CCCCCCCCC. The zero-order chi connectivity index (χ0) is 46.5. The minimum Gasteiger partial charge on any atom is -0.462 e. The molecule has 0 bridgehead atoms. The fourth-order valence-electron chi connectivity index (χ4n) is 8.16. The molecule has 0 heterocycles. The molecule has 374 valence electrons. The third-order valence-corrected chi connectivity index (χ3v) is 12.4. The first kappa shape index (κ1) is 61.6. The molecule has 0 amide bonds. The molecule has 0 aliphatic rings. The van der Waals surface area contributed by atoms with Gasteiger partial charge in [0.05, 0.1) is 0 Å². The van der Waals surface area contributed by atoms with E-state index in [4.69, 9.17) is 14.2 Å². The summed E-state index contributed by atoms with van der Waals surface area (Å²) in [7, 11) is 0. The van der Waals surface area contributed by atoms with Crippen LogP contribution in [0.3, 0.4) is 0 Å². The van der Waals surface area contributed by atoms with Gasteiger partial charge in [-0.3, -0.25) is 14.4 Å². The number of hydrogen-bond acceptors (Lipinski definition) is 6. The van der Waals surface area contributed by atoms with Crippen molar-refractivity contribution >= 4 is 17.9 Å². The first-order valence-corrected chi connectivity index (χ1v) is 28.0. The van der Waals surface area contributed by atoms with E-state index in [0.29, 0.717) is 19.3 Å². The van der Waals surface area contributed by atoms with Crippen LogP contribution in [0.4, 0.5) is 0 Å². The molecule has 6 nitrogen and oxygen atoms in total. The van der Waals surface area contributed by atoms with Gasteiger partial charge in [0.15, 0.2) is 6.10 Å². The maximum absolute atomic E-state index is 12.6. The summed E-state index contributed by atoms with van der Waals surface area (Å²) < 4.78 is 16.6. The van der Waals surface area contributed by atoms with E-state index in [2.05, 4.69) is 57.2 Å². The minimum atomic E-state index is -0.761. The van der Waals surface area contributed by atoms with E-state index in [1.165, 1.54) is 186 Å². The summed E-state index contributed by atoms with van der Waals surface area (Å²) in [6.07, 6.45) is 63.6. The Bertz CT molecular complexity index is 1080. The van der Waals surface area contributed by atoms with Gasteiger partial charge >= 0.3 is 17.9 Å². The molecule has 0 aliphatic carbocycles. The number of carbonyl (C=O) groups is 3. The molecule has 6 heteroatoms. The van der Waals surface area contributed by atoms with Crippen molar-refractivity contribution in [1.29, 1.82) is 0 Å². The van der Waals surface area contributed by atoms with Crippen LogP contribution in [0.2, 0.25) is 0 Å². The van der Waals surface area contributed by atoms with Gasteiger partial charge in [0.1, 0.15) is 13.2 Å². The Morgan fingerprint density at radius 2 is 0.562 bits per heavy atom. The van der Waals surface area contributed by atoms with Crippen molar-refractivity contribution in [3.8, 4) is 0 Å². The molecule has 0 aromatic heterocycles. The summed E-state index contributed by atoms with van der Waals surface area (Å²) in [5.74, 6) is -0.875. The highest BCUT2D eigenvalue weighted by atomic mass is 16.6. The van der Waals surface area contributed by atoms with Gasteiger partial charge in [0, 0.05) is 19.3 Å². The Labute approximate surface area is 397 Å². The van der Waals surface area contributed by atoms with E-state index in [0.717, 1.165) is 70.6 Å². The van der Waals surface area contributed by atoms with E-state index in [9.17, 15) is 14.4 Å². The maximum atomic E-state index is 12.6. The summed E-state index contributed by atoms with van der Waals surface area (Å²) >= 11 is 0. The zero-order valence-corrected chi connectivity index (χ0v) is 42.8. The highest BCUT2D eigenvalue weighted by molar-refractivity contribution is 5.71. The molecule has 0 fully saturated rings. The fourth-order valence-corrected chi connectivity index (χ4v) is 8.16. The predicted molar refractivity (Wildman–Crippen MR) is 275 cm³/mol. The van der Waals surface area contributed by atoms with Crippen molar-refractivity contribution in [3.63, 3.8) is 0 Å². The van der Waals surface area contributed by atoms with Gasteiger partial charge in [-0.1, -0.05) is 256 Å². The molecule has 0 aliphatic heterocycles. The molecule has 1 atom stereocenters. The second-order valence-corrected chi connectivity index (χ2v) is 18.9. The Morgan fingerprint density at radius 3 is 0.875 bits per heavy atom. The van der Waals surface area contributed by atoms with Gasteiger partial charge in [0.2, 0.25) is 0 Å². The summed E-state index contributed by atoms with van der Waals surface area (Å²) in [6.45, 7) is 6.54. The molecule has 0 saturated carbocycles. The van der Waals surface area contributed by atoms with Crippen molar-refractivity contribution in [2.24, 2.45) is 0 Å². The van der Waals surface area contributed by atoms with E-state index < -0.39 is 6.10 Å². The average molecular weight is 899 g/mol. The molecule has 0 radical (unpaired) electrons. The number of hydrogen-bond donors (Lipinski definition) is 0. The third kappa shape index (κ3) is 50.6. The quantitative estimate of drug-likeness (QED) is 0.0262. The van der Waals surface area contributed by atoms with Gasteiger partial charge in [0.25, 0.3) is 0 Å². The van der Waals surface area contributed by atoms with E-state index >= 15 is 0 Å². The normalized spacial score (nSPS) is 12.2. The lowest BCUT2D eigenvalue weighted by molar-refractivity contribution is -0.167. The first-order valence-electron chi connectivity index (χ1n) is 28.0. The number of rotatable bonds is 51. The summed E-state index contributed by atoms with van der Waals surface area (Å²) in [5.41, 5.74) is 0. The molecule has 0 rings (SSSR count). The van der Waals surface area contributed by atoms with Gasteiger partial charge in [-0.05, 0) is 57.8 Å². The number of unbranched alkanes of at least 4 members (excludes halogenated alkanes) is 34. The van der Waals surface area contributed by atoms with Crippen molar-refractivity contribution < 1.29 is 28.6 Å². The first-order chi connectivity index (χ1) is 31.5. The van der Waals surface area contributed by atoms with Crippen molar-refractivity contribution in [2.75, 3.05) is 13.2 Å². The average Bonchev–Trinajstić information content (AvgIpc) is 3.29. The topological polar surface area (TPSA) is 78.9 Å². The Hall–Kier alpha value is -2.37. The van der Waals surface area contributed by atoms with E-state index in [-0.39, 0.29) is 31.1 Å². The highest BCUT2D eigenvalue weighted by Gasteiger charge is 2.19. The highest BCUT2D eigenvalue weighted by Crippen LogP contribution is 2.16. The zero-order valence-electron chi connectivity index (χ0n) is 42.8. The van der Waals surface area contributed by atoms with Crippen molar-refractivity contribution in [1.82, 2.24) is 0 Å². The van der Waals surface area contributed by atoms with Crippen LogP contribution < -0.4 is 0 Å². The monoisotopic (exact) mass is 899 g/mol. The van der Waals surface area contributed by atoms with Crippen LogP contribution in [0.25, 0.3) is 0 Å². The summed E-state index contributed by atoms with van der Waals surface area (Å²) in [6, 6.07) is 0. The molecule has 0 N–H and O–H groups in total. The van der Waals surface area contributed by atoms with Crippen molar-refractivity contribution in [3.05, 3.63) is 36.5 Å². The van der Waals surface area contributed by atoms with Crippen LogP contribution >= 0.6 is 0 Å². The molecule has 0 aromatic rings. The minimum absolute atomic E-state index is 0.0680. The van der Waals surface area contributed by atoms with Gasteiger partial charge in [-0.2, -0.15) is 0 Å². The standard InChI is InChI=1S/C58H106O6/c1-4-7-10-13-16-17-18-19-20-21-22-23-24-25-26-27-28-29-30-31-32-33-34-35-36-37-38-39-40-41-43-45-48-51-57(60)63-54-55(53-62-56(59)50-47-44-15-12-9-6-3)64-58(61)52-49-46-42-14-11-8-5-2/h18-19,21-22,24-25,55H,4-17,20,23,26-54H2,1-3H3/b19-18-,22-21-,25-24-. The third-order valence-electron chi connectivity index (χ3n) is 12.4.